The van der Waals surface area contributed by atoms with E-state index in [1.54, 1.807) is 12.1 Å². The summed E-state index contributed by atoms with van der Waals surface area (Å²) in [6.07, 6.45) is 0. The molecular weight excluding hydrogens is 300 g/mol. The lowest BCUT2D eigenvalue weighted by Gasteiger charge is -2.15. The number of rotatable bonds is 3. The summed E-state index contributed by atoms with van der Waals surface area (Å²) in [5, 5.41) is 11.8. The number of carboxylic acids is 1. The third-order valence-electron chi connectivity index (χ3n) is 3.60. The van der Waals surface area contributed by atoms with E-state index in [0.717, 1.165) is 10.8 Å². The normalized spacial score (nSPS) is 10.6. The second-order valence-corrected chi connectivity index (χ2v) is 5.24. The van der Waals surface area contributed by atoms with Crippen LogP contribution < -0.4 is 4.74 Å². The lowest BCUT2D eigenvalue weighted by Crippen LogP contribution is -2.02. The van der Waals surface area contributed by atoms with Crippen molar-refractivity contribution in [1.82, 2.24) is 0 Å². The van der Waals surface area contributed by atoms with Crippen LogP contribution in [0.4, 0.5) is 0 Å². The van der Waals surface area contributed by atoms with Crippen molar-refractivity contribution in [2.24, 2.45) is 0 Å². The Labute approximate surface area is 132 Å². The van der Waals surface area contributed by atoms with Crippen LogP contribution in [-0.4, -0.2) is 18.2 Å². The minimum atomic E-state index is -1.01. The van der Waals surface area contributed by atoms with Crippen molar-refractivity contribution < 1.29 is 14.6 Å². The standard InChI is InChI=1S/C18H13ClO3/c1-22-16-10-14(18(20)21)17(12-7-3-2-6-11(12)16)13-8-4-5-9-15(13)19/h2-10H,1H3,(H,20,21). The van der Waals surface area contributed by atoms with Gasteiger partial charge in [0, 0.05) is 21.5 Å². The predicted molar refractivity (Wildman–Crippen MR) is 87.9 cm³/mol. The van der Waals surface area contributed by atoms with Crippen molar-refractivity contribution >= 4 is 28.3 Å². The summed E-state index contributed by atoms with van der Waals surface area (Å²) in [4.78, 5) is 11.7. The van der Waals surface area contributed by atoms with Gasteiger partial charge in [-0.3, -0.25) is 0 Å². The quantitative estimate of drug-likeness (QED) is 0.750. The van der Waals surface area contributed by atoms with Gasteiger partial charge in [-0.2, -0.15) is 0 Å². The molecule has 0 aliphatic carbocycles. The second kappa shape index (κ2) is 5.70. The van der Waals surface area contributed by atoms with Gasteiger partial charge in [0.25, 0.3) is 0 Å². The highest BCUT2D eigenvalue weighted by molar-refractivity contribution is 6.34. The molecule has 22 heavy (non-hydrogen) atoms. The predicted octanol–water partition coefficient (Wildman–Crippen LogP) is 4.87. The Bertz CT molecular complexity index is 871. The summed E-state index contributed by atoms with van der Waals surface area (Å²) < 4.78 is 5.34. The van der Waals surface area contributed by atoms with E-state index >= 15 is 0 Å². The monoisotopic (exact) mass is 312 g/mol. The van der Waals surface area contributed by atoms with E-state index in [1.165, 1.54) is 7.11 Å². The molecule has 0 aliphatic heterocycles. The number of fused-ring (bicyclic) bond motifs is 1. The first kappa shape index (κ1) is 14.4. The molecule has 3 aromatic carbocycles. The number of methoxy groups -OCH3 is 1. The highest BCUT2D eigenvalue weighted by Gasteiger charge is 2.19. The number of ether oxygens (including phenoxy) is 1. The van der Waals surface area contributed by atoms with E-state index in [2.05, 4.69) is 0 Å². The van der Waals surface area contributed by atoms with E-state index in [9.17, 15) is 9.90 Å². The topological polar surface area (TPSA) is 46.5 Å². The molecule has 0 unspecified atom stereocenters. The Kier molecular flexibility index (Phi) is 3.73. The second-order valence-electron chi connectivity index (χ2n) is 4.83. The van der Waals surface area contributed by atoms with Gasteiger partial charge in [0.05, 0.1) is 12.7 Å². The summed E-state index contributed by atoms with van der Waals surface area (Å²) in [5.41, 5.74) is 1.47. The maximum absolute atomic E-state index is 11.7. The summed E-state index contributed by atoms with van der Waals surface area (Å²) >= 11 is 6.29. The number of hydrogen-bond donors (Lipinski definition) is 1. The summed E-state index contributed by atoms with van der Waals surface area (Å²) in [5.74, 6) is -0.484. The van der Waals surface area contributed by atoms with Crippen molar-refractivity contribution in [2.75, 3.05) is 7.11 Å². The molecule has 0 bridgehead atoms. The average molecular weight is 313 g/mol. The molecule has 3 aromatic rings. The average Bonchev–Trinajstić information content (AvgIpc) is 2.54. The molecule has 0 aliphatic rings. The fraction of sp³-hybridized carbons (Fsp3) is 0.0556. The SMILES string of the molecule is COc1cc(C(=O)O)c(-c2ccccc2Cl)c2ccccc12. The molecule has 0 heterocycles. The Balaban J connectivity index is 2.49. The minimum absolute atomic E-state index is 0.170. The molecule has 0 aromatic heterocycles. The van der Waals surface area contributed by atoms with Gasteiger partial charge in [-0.05, 0) is 17.5 Å². The third kappa shape index (κ3) is 2.30. The van der Waals surface area contributed by atoms with Gasteiger partial charge in [0.15, 0.2) is 0 Å². The molecule has 0 saturated heterocycles. The zero-order valence-electron chi connectivity index (χ0n) is 11.8. The van der Waals surface area contributed by atoms with Crippen LogP contribution in [0, 0.1) is 0 Å². The van der Waals surface area contributed by atoms with Crippen LogP contribution >= 0.6 is 11.6 Å². The van der Waals surface area contributed by atoms with Crippen LogP contribution in [0.1, 0.15) is 10.4 Å². The molecule has 0 radical (unpaired) electrons. The van der Waals surface area contributed by atoms with Gasteiger partial charge >= 0.3 is 5.97 Å². The first-order valence-corrected chi connectivity index (χ1v) is 7.09. The molecule has 3 rings (SSSR count). The molecule has 3 nitrogen and oxygen atoms in total. The molecule has 110 valence electrons. The van der Waals surface area contributed by atoms with Crippen LogP contribution in [0.2, 0.25) is 5.02 Å². The van der Waals surface area contributed by atoms with E-state index < -0.39 is 5.97 Å². The van der Waals surface area contributed by atoms with Gasteiger partial charge < -0.3 is 9.84 Å². The molecular formula is C18H13ClO3. The first-order chi connectivity index (χ1) is 10.6. The third-order valence-corrected chi connectivity index (χ3v) is 3.93. The van der Waals surface area contributed by atoms with Crippen LogP contribution in [0.3, 0.4) is 0 Å². The van der Waals surface area contributed by atoms with Gasteiger partial charge in [-0.1, -0.05) is 54.1 Å². The van der Waals surface area contributed by atoms with Crippen LogP contribution in [0.15, 0.2) is 54.6 Å². The van der Waals surface area contributed by atoms with Crippen LogP contribution in [0.5, 0.6) is 5.75 Å². The molecule has 0 fully saturated rings. The molecule has 1 N–H and O–H groups in total. The van der Waals surface area contributed by atoms with E-state index in [1.807, 2.05) is 42.5 Å². The molecule has 0 saturated carbocycles. The van der Waals surface area contributed by atoms with Gasteiger partial charge in [0.1, 0.15) is 5.75 Å². The molecule has 4 heteroatoms. The molecule has 0 atom stereocenters. The van der Waals surface area contributed by atoms with Gasteiger partial charge in [0.2, 0.25) is 0 Å². The number of aromatic carboxylic acids is 1. The fourth-order valence-corrected chi connectivity index (χ4v) is 2.86. The van der Waals surface area contributed by atoms with E-state index in [4.69, 9.17) is 16.3 Å². The van der Waals surface area contributed by atoms with Crippen LogP contribution in [-0.2, 0) is 0 Å². The Hall–Kier alpha value is -2.52. The van der Waals surface area contributed by atoms with Crippen molar-refractivity contribution in [3.8, 4) is 16.9 Å². The first-order valence-electron chi connectivity index (χ1n) is 6.71. The number of carboxylic acid groups (broad SMARTS) is 1. The number of halogens is 1. The maximum Gasteiger partial charge on any atom is 0.336 e. The Morgan fingerprint density at radius 2 is 1.68 bits per heavy atom. The van der Waals surface area contributed by atoms with Crippen molar-refractivity contribution in [1.29, 1.82) is 0 Å². The zero-order chi connectivity index (χ0) is 15.7. The maximum atomic E-state index is 11.7. The summed E-state index contributed by atoms with van der Waals surface area (Å²) in [7, 11) is 1.53. The van der Waals surface area contributed by atoms with Crippen molar-refractivity contribution in [3.05, 3.63) is 65.2 Å². The van der Waals surface area contributed by atoms with Crippen LogP contribution in [0.25, 0.3) is 21.9 Å². The molecule has 0 spiro atoms. The van der Waals surface area contributed by atoms with Crippen molar-refractivity contribution in [3.63, 3.8) is 0 Å². The summed E-state index contributed by atoms with van der Waals surface area (Å²) in [6, 6.07) is 16.3. The van der Waals surface area contributed by atoms with Crippen molar-refractivity contribution in [2.45, 2.75) is 0 Å². The summed E-state index contributed by atoms with van der Waals surface area (Å²) in [6.45, 7) is 0. The van der Waals surface area contributed by atoms with E-state index in [0.29, 0.717) is 21.9 Å². The number of hydrogen-bond acceptors (Lipinski definition) is 2. The Morgan fingerprint density at radius 1 is 1.05 bits per heavy atom. The lowest BCUT2D eigenvalue weighted by molar-refractivity contribution is 0.0697. The van der Waals surface area contributed by atoms with Gasteiger partial charge in [-0.25, -0.2) is 4.79 Å². The molecule has 0 amide bonds. The fourth-order valence-electron chi connectivity index (χ4n) is 2.63. The number of carbonyl (C=O) groups is 1. The smallest absolute Gasteiger partial charge is 0.336 e. The van der Waals surface area contributed by atoms with E-state index in [-0.39, 0.29) is 5.56 Å². The number of benzene rings is 3. The Morgan fingerprint density at radius 3 is 2.32 bits per heavy atom. The highest BCUT2D eigenvalue weighted by atomic mass is 35.5. The minimum Gasteiger partial charge on any atom is -0.496 e. The lowest BCUT2D eigenvalue weighted by atomic mass is 9.92. The largest absolute Gasteiger partial charge is 0.496 e. The highest BCUT2D eigenvalue weighted by Crippen LogP contribution is 2.40. The van der Waals surface area contributed by atoms with Gasteiger partial charge in [-0.15, -0.1) is 0 Å². The zero-order valence-corrected chi connectivity index (χ0v) is 12.6.